The van der Waals surface area contributed by atoms with Crippen molar-refractivity contribution in [1.29, 1.82) is 5.26 Å². The van der Waals surface area contributed by atoms with Crippen LogP contribution in [-0.2, 0) is 4.79 Å². The number of nitriles is 1. The third-order valence-corrected chi connectivity index (χ3v) is 2.59. The molecule has 0 spiro atoms. The number of carbonyl (C=O) groups excluding carboxylic acids is 1. The Labute approximate surface area is 122 Å². The summed E-state index contributed by atoms with van der Waals surface area (Å²) in [5, 5.41) is 11.9. The van der Waals surface area contributed by atoms with E-state index >= 15 is 0 Å². The molecule has 0 aromatic heterocycles. The summed E-state index contributed by atoms with van der Waals surface area (Å²) in [6.45, 7) is 0. The van der Waals surface area contributed by atoms with Gasteiger partial charge in [0.1, 0.15) is 17.6 Å². The molecule has 0 fully saturated rings. The fourth-order valence-corrected chi connectivity index (χ4v) is 1.60. The number of rotatable bonds is 4. The van der Waals surface area contributed by atoms with Crippen molar-refractivity contribution in [1.82, 2.24) is 0 Å². The highest BCUT2D eigenvalue weighted by atomic mass is 16.5. The summed E-state index contributed by atoms with van der Waals surface area (Å²) in [5.74, 6) is -0.503. The van der Waals surface area contributed by atoms with Gasteiger partial charge in [0.15, 0.2) is 5.57 Å². The van der Waals surface area contributed by atoms with Gasteiger partial charge in [-0.05, 0) is 24.3 Å². The molecule has 21 heavy (non-hydrogen) atoms. The Bertz CT molecular complexity index is 688. The van der Waals surface area contributed by atoms with Crippen molar-refractivity contribution >= 4 is 11.7 Å². The smallest absolute Gasteiger partial charge is 0.358 e. The van der Waals surface area contributed by atoms with Gasteiger partial charge in [-0.3, -0.25) is 0 Å². The van der Waals surface area contributed by atoms with Crippen LogP contribution in [0, 0.1) is 11.3 Å². The zero-order valence-electron chi connectivity index (χ0n) is 11.1. The summed E-state index contributed by atoms with van der Waals surface area (Å²) in [6, 6.07) is 19.2. The van der Waals surface area contributed by atoms with Gasteiger partial charge in [0.05, 0.1) is 0 Å². The summed E-state index contributed by atoms with van der Waals surface area (Å²) in [6.07, 6.45) is 0. The minimum absolute atomic E-state index is 0.0513. The van der Waals surface area contributed by atoms with Crippen LogP contribution in [0.25, 0.3) is 0 Å². The molecule has 0 aliphatic heterocycles. The van der Waals surface area contributed by atoms with Crippen molar-refractivity contribution in [3.05, 3.63) is 72.1 Å². The Morgan fingerprint density at radius 2 is 1.62 bits per heavy atom. The largest absolute Gasteiger partial charge is 0.422 e. The van der Waals surface area contributed by atoms with Crippen molar-refractivity contribution < 1.29 is 9.53 Å². The van der Waals surface area contributed by atoms with E-state index in [4.69, 9.17) is 15.7 Å². The Kier molecular flexibility index (Phi) is 4.57. The van der Waals surface area contributed by atoms with Crippen LogP contribution in [0.3, 0.4) is 0 Å². The van der Waals surface area contributed by atoms with Gasteiger partial charge in [0.25, 0.3) is 0 Å². The summed E-state index contributed by atoms with van der Waals surface area (Å²) >= 11 is 0. The molecule has 0 atom stereocenters. The van der Waals surface area contributed by atoms with E-state index in [1.807, 2.05) is 18.2 Å². The molecule has 0 aliphatic rings. The second kappa shape index (κ2) is 6.78. The van der Waals surface area contributed by atoms with E-state index in [1.165, 1.54) is 0 Å². The minimum atomic E-state index is -0.801. The van der Waals surface area contributed by atoms with Crippen LogP contribution in [0.15, 0.2) is 72.1 Å². The molecule has 0 bridgehead atoms. The molecule has 104 valence electrons. The average Bonchev–Trinajstić information content (AvgIpc) is 2.50. The third-order valence-electron chi connectivity index (χ3n) is 2.59. The van der Waals surface area contributed by atoms with Crippen LogP contribution in [-0.4, -0.2) is 5.97 Å². The monoisotopic (exact) mass is 279 g/mol. The standard InChI is InChI=1S/C16H13N3O2/c17-11-14(15(18)19-12-7-3-1-4-8-12)16(20)21-13-9-5-2-6-10-13/h1-10,19H,18H2. The van der Waals surface area contributed by atoms with Crippen molar-refractivity contribution in [2.75, 3.05) is 5.32 Å². The van der Waals surface area contributed by atoms with E-state index < -0.39 is 5.97 Å². The lowest BCUT2D eigenvalue weighted by atomic mass is 10.2. The first-order valence-electron chi connectivity index (χ1n) is 6.20. The molecular weight excluding hydrogens is 266 g/mol. The molecule has 0 saturated heterocycles. The van der Waals surface area contributed by atoms with Gasteiger partial charge >= 0.3 is 5.97 Å². The molecule has 2 aromatic carbocycles. The first-order valence-corrected chi connectivity index (χ1v) is 6.20. The quantitative estimate of drug-likeness (QED) is 0.388. The summed E-state index contributed by atoms with van der Waals surface area (Å²) < 4.78 is 5.09. The number of esters is 1. The lowest BCUT2D eigenvalue weighted by Crippen LogP contribution is -2.20. The van der Waals surface area contributed by atoms with E-state index in [0.29, 0.717) is 11.4 Å². The number of benzene rings is 2. The Hall–Kier alpha value is -3.26. The first kappa shape index (κ1) is 14.2. The normalized spacial score (nSPS) is 11.0. The van der Waals surface area contributed by atoms with Crippen LogP contribution in [0.4, 0.5) is 5.69 Å². The van der Waals surface area contributed by atoms with Crippen molar-refractivity contribution in [3.63, 3.8) is 0 Å². The molecule has 2 aromatic rings. The van der Waals surface area contributed by atoms with Gasteiger partial charge in [-0.25, -0.2) is 4.79 Å². The number of nitrogens with two attached hydrogens (primary N) is 1. The molecule has 0 heterocycles. The molecule has 5 heteroatoms. The van der Waals surface area contributed by atoms with E-state index in [2.05, 4.69) is 5.32 Å². The molecule has 0 radical (unpaired) electrons. The van der Waals surface area contributed by atoms with Crippen molar-refractivity contribution in [2.45, 2.75) is 0 Å². The number of carbonyl (C=O) groups is 1. The summed E-state index contributed by atoms with van der Waals surface area (Å²) in [4.78, 5) is 12.0. The number of ether oxygens (including phenoxy) is 1. The summed E-state index contributed by atoms with van der Waals surface area (Å²) in [5.41, 5.74) is 6.16. The van der Waals surface area contributed by atoms with E-state index in [0.717, 1.165) is 0 Å². The number of anilines is 1. The SMILES string of the molecule is N#CC(C(=O)Oc1ccccc1)=C(N)Nc1ccccc1. The van der Waals surface area contributed by atoms with Gasteiger partial charge in [0, 0.05) is 5.69 Å². The Morgan fingerprint density at radius 1 is 1.05 bits per heavy atom. The van der Waals surface area contributed by atoms with Gasteiger partial charge in [-0.15, -0.1) is 0 Å². The van der Waals surface area contributed by atoms with E-state index in [1.54, 1.807) is 48.5 Å². The van der Waals surface area contributed by atoms with Crippen LogP contribution in [0.5, 0.6) is 5.75 Å². The number of hydrogen-bond acceptors (Lipinski definition) is 5. The fourth-order valence-electron chi connectivity index (χ4n) is 1.60. The predicted molar refractivity (Wildman–Crippen MR) is 79.0 cm³/mol. The van der Waals surface area contributed by atoms with Crippen molar-refractivity contribution in [2.24, 2.45) is 5.73 Å². The lowest BCUT2D eigenvalue weighted by molar-refractivity contribution is -0.129. The predicted octanol–water partition coefficient (Wildman–Crippen LogP) is 2.40. The zero-order chi connectivity index (χ0) is 15.1. The van der Waals surface area contributed by atoms with Crippen LogP contribution < -0.4 is 15.8 Å². The molecule has 0 amide bonds. The number of nitrogens with zero attached hydrogens (tertiary/aromatic N) is 1. The van der Waals surface area contributed by atoms with Gasteiger partial charge in [-0.1, -0.05) is 36.4 Å². The van der Waals surface area contributed by atoms with Crippen molar-refractivity contribution in [3.8, 4) is 11.8 Å². The maximum absolute atomic E-state index is 12.0. The van der Waals surface area contributed by atoms with Crippen LogP contribution in [0.2, 0.25) is 0 Å². The first-order chi connectivity index (χ1) is 10.2. The number of para-hydroxylation sites is 2. The molecule has 2 rings (SSSR count). The lowest BCUT2D eigenvalue weighted by Gasteiger charge is -2.08. The summed E-state index contributed by atoms with van der Waals surface area (Å²) in [7, 11) is 0. The third kappa shape index (κ3) is 3.85. The Morgan fingerprint density at radius 3 is 2.19 bits per heavy atom. The van der Waals surface area contributed by atoms with E-state index in [-0.39, 0.29) is 11.4 Å². The van der Waals surface area contributed by atoms with Gasteiger partial charge in [-0.2, -0.15) is 5.26 Å². The maximum Gasteiger partial charge on any atom is 0.358 e. The van der Waals surface area contributed by atoms with Gasteiger partial charge < -0.3 is 15.8 Å². The number of nitrogens with one attached hydrogen (secondary N) is 1. The van der Waals surface area contributed by atoms with Gasteiger partial charge in [0.2, 0.25) is 0 Å². The highest BCUT2D eigenvalue weighted by Crippen LogP contribution is 2.13. The highest BCUT2D eigenvalue weighted by molar-refractivity contribution is 5.95. The maximum atomic E-state index is 12.0. The molecule has 0 unspecified atom stereocenters. The van der Waals surface area contributed by atoms with Crippen LogP contribution in [0.1, 0.15) is 0 Å². The molecule has 3 N–H and O–H groups in total. The second-order valence-corrected chi connectivity index (χ2v) is 4.09. The molecule has 0 aliphatic carbocycles. The molecule has 5 nitrogen and oxygen atoms in total. The highest BCUT2D eigenvalue weighted by Gasteiger charge is 2.16. The molecular formula is C16H13N3O2. The average molecular weight is 279 g/mol. The second-order valence-electron chi connectivity index (χ2n) is 4.09. The van der Waals surface area contributed by atoms with Crippen LogP contribution >= 0.6 is 0 Å². The fraction of sp³-hybridized carbons (Fsp3) is 0. The topological polar surface area (TPSA) is 88.1 Å². The zero-order valence-corrected chi connectivity index (χ0v) is 11.1. The molecule has 0 saturated carbocycles. The van der Waals surface area contributed by atoms with E-state index in [9.17, 15) is 4.79 Å². The Balaban J connectivity index is 2.16. The minimum Gasteiger partial charge on any atom is -0.422 e. The number of hydrogen-bond donors (Lipinski definition) is 2.